The van der Waals surface area contributed by atoms with Gasteiger partial charge >= 0.3 is 0 Å². The zero-order valence-electron chi connectivity index (χ0n) is 13.2. The number of benzene rings is 1. The first-order chi connectivity index (χ1) is 10.7. The van der Waals surface area contributed by atoms with Crippen LogP contribution in [0.5, 0.6) is 5.75 Å². The first-order valence-electron chi connectivity index (χ1n) is 7.61. The van der Waals surface area contributed by atoms with Crippen molar-refractivity contribution in [2.75, 3.05) is 38.2 Å². The van der Waals surface area contributed by atoms with E-state index in [-0.39, 0.29) is 0 Å². The Morgan fingerprint density at radius 1 is 1.14 bits per heavy atom. The van der Waals surface area contributed by atoms with Crippen molar-refractivity contribution in [3.63, 3.8) is 0 Å². The monoisotopic (exact) mass is 319 g/mol. The summed E-state index contributed by atoms with van der Waals surface area (Å²) in [5.41, 5.74) is 1.27. The first-order valence-corrected chi connectivity index (χ1v) is 8.02. The number of imidazole rings is 1. The summed E-state index contributed by atoms with van der Waals surface area (Å²) in [5.74, 6) is 0.909. The normalized spacial score (nSPS) is 16.0. The molecule has 118 valence electrons. The number of nitrogens with one attached hydrogen (secondary N) is 1. The van der Waals surface area contributed by atoms with Crippen molar-refractivity contribution in [2.24, 2.45) is 7.05 Å². The van der Waals surface area contributed by atoms with Crippen molar-refractivity contribution in [3.05, 3.63) is 41.4 Å². The van der Waals surface area contributed by atoms with Gasteiger partial charge in [-0.3, -0.25) is 4.57 Å². The quantitative estimate of drug-likeness (QED) is 0.850. The molecule has 1 aromatic heterocycles. The molecule has 0 spiro atoms. The molecule has 3 rings (SSSR count). The van der Waals surface area contributed by atoms with Gasteiger partial charge in [0, 0.05) is 25.1 Å². The maximum Gasteiger partial charge on any atom is 0.183 e. The lowest BCUT2D eigenvalue weighted by atomic mass is 10.2. The number of methoxy groups -OCH3 is 1. The second-order valence-electron chi connectivity index (χ2n) is 5.75. The summed E-state index contributed by atoms with van der Waals surface area (Å²) in [6.07, 6.45) is 4.10. The van der Waals surface area contributed by atoms with Crippen LogP contribution in [0.15, 0.2) is 36.7 Å². The van der Waals surface area contributed by atoms with Crippen LogP contribution >= 0.6 is 12.2 Å². The van der Waals surface area contributed by atoms with Gasteiger partial charge in [0.15, 0.2) is 11.4 Å². The van der Waals surface area contributed by atoms with Crippen LogP contribution in [0.1, 0.15) is 0 Å². The Labute approximate surface area is 136 Å². The third kappa shape index (κ3) is 3.18. The third-order valence-corrected chi connectivity index (χ3v) is 4.84. The lowest BCUT2D eigenvalue weighted by molar-refractivity contribution is -0.923. The molecule has 1 aromatic carbocycles. The Bertz CT molecular complexity index is 668. The number of anilines is 1. The van der Waals surface area contributed by atoms with Gasteiger partial charge in [0.2, 0.25) is 0 Å². The molecule has 0 radical (unpaired) electrons. The van der Waals surface area contributed by atoms with Crippen LogP contribution < -0.4 is 14.5 Å². The summed E-state index contributed by atoms with van der Waals surface area (Å²) in [4.78, 5) is 4.01. The molecule has 22 heavy (non-hydrogen) atoms. The lowest BCUT2D eigenvalue weighted by Gasteiger charge is -2.33. The van der Waals surface area contributed by atoms with Crippen molar-refractivity contribution in [2.45, 2.75) is 6.67 Å². The molecule has 0 bridgehead atoms. The van der Waals surface area contributed by atoms with E-state index in [1.807, 2.05) is 29.9 Å². The Hall–Kier alpha value is -1.79. The summed E-state index contributed by atoms with van der Waals surface area (Å²) in [7, 11) is 3.70. The average molecular weight is 319 g/mol. The fraction of sp³-hybridized carbons (Fsp3) is 0.438. The Morgan fingerprint density at radius 2 is 1.82 bits per heavy atom. The number of rotatable bonds is 4. The van der Waals surface area contributed by atoms with Crippen molar-refractivity contribution in [1.29, 1.82) is 0 Å². The molecule has 0 unspecified atom stereocenters. The predicted octanol–water partition coefficient (Wildman–Crippen LogP) is 0.927. The summed E-state index contributed by atoms with van der Waals surface area (Å²) in [5, 5.41) is 0. The average Bonchev–Trinajstić information content (AvgIpc) is 2.88. The van der Waals surface area contributed by atoms with Crippen LogP contribution in [0, 0.1) is 4.77 Å². The SMILES string of the molecule is COc1ccc(N2CC[NH+](Cn3ccn(C)c3=S)CC2)cc1. The van der Waals surface area contributed by atoms with Crippen LogP contribution in [-0.2, 0) is 13.7 Å². The Morgan fingerprint density at radius 3 is 2.36 bits per heavy atom. The number of hydrogen-bond donors (Lipinski definition) is 1. The summed E-state index contributed by atoms with van der Waals surface area (Å²) in [6, 6.07) is 8.32. The minimum Gasteiger partial charge on any atom is -0.497 e. The van der Waals surface area contributed by atoms with Crippen molar-refractivity contribution in [1.82, 2.24) is 9.13 Å². The minimum atomic E-state index is 0.894. The van der Waals surface area contributed by atoms with Gasteiger partial charge in [-0.15, -0.1) is 0 Å². The topological polar surface area (TPSA) is 26.8 Å². The smallest absolute Gasteiger partial charge is 0.183 e. The van der Waals surface area contributed by atoms with Gasteiger partial charge in [0.25, 0.3) is 0 Å². The summed E-state index contributed by atoms with van der Waals surface area (Å²) < 4.78 is 10.3. The molecule has 6 heteroatoms. The van der Waals surface area contributed by atoms with Crippen LogP contribution in [0.3, 0.4) is 0 Å². The molecule has 1 aliphatic rings. The van der Waals surface area contributed by atoms with Gasteiger partial charge in [-0.1, -0.05) is 0 Å². The van der Waals surface area contributed by atoms with E-state index < -0.39 is 0 Å². The molecule has 0 amide bonds. The van der Waals surface area contributed by atoms with Gasteiger partial charge < -0.3 is 19.1 Å². The number of nitrogens with zero attached hydrogens (tertiary/aromatic N) is 3. The standard InChI is InChI=1S/C16H22N4OS/c1-17-7-10-20(16(17)22)13-18-8-11-19(12-9-18)14-3-5-15(21-2)6-4-14/h3-7,10H,8-9,11-13H2,1-2H3/p+1. The highest BCUT2D eigenvalue weighted by molar-refractivity contribution is 7.71. The molecule has 0 saturated carbocycles. The highest BCUT2D eigenvalue weighted by Crippen LogP contribution is 2.18. The molecule has 2 heterocycles. The van der Waals surface area contributed by atoms with Gasteiger partial charge in [-0.25, -0.2) is 0 Å². The number of ether oxygens (including phenoxy) is 1. The fourth-order valence-electron chi connectivity index (χ4n) is 2.90. The van der Waals surface area contributed by atoms with Gasteiger partial charge in [-0.2, -0.15) is 0 Å². The minimum absolute atomic E-state index is 0.894. The highest BCUT2D eigenvalue weighted by atomic mass is 32.1. The third-order valence-electron chi connectivity index (χ3n) is 4.32. The second-order valence-corrected chi connectivity index (χ2v) is 6.12. The fourth-order valence-corrected chi connectivity index (χ4v) is 3.09. The van der Waals surface area contributed by atoms with E-state index in [9.17, 15) is 0 Å². The maximum atomic E-state index is 5.41. The Kier molecular flexibility index (Phi) is 4.49. The first kappa shape index (κ1) is 15.1. The number of quaternary nitrogens is 1. The van der Waals surface area contributed by atoms with Crippen LogP contribution in [0.4, 0.5) is 5.69 Å². The summed E-state index contributed by atoms with van der Waals surface area (Å²) in [6.45, 7) is 5.35. The van der Waals surface area contributed by atoms with Crippen LogP contribution in [0.25, 0.3) is 0 Å². The summed E-state index contributed by atoms with van der Waals surface area (Å²) >= 11 is 5.41. The maximum absolute atomic E-state index is 5.41. The largest absolute Gasteiger partial charge is 0.497 e. The molecule has 5 nitrogen and oxygen atoms in total. The highest BCUT2D eigenvalue weighted by Gasteiger charge is 2.20. The van der Waals surface area contributed by atoms with Gasteiger partial charge in [-0.05, 0) is 36.5 Å². The number of piperazine rings is 1. The van der Waals surface area contributed by atoms with E-state index in [4.69, 9.17) is 17.0 Å². The molecular weight excluding hydrogens is 296 g/mol. The number of aromatic nitrogens is 2. The van der Waals surface area contributed by atoms with Crippen molar-refractivity contribution in [3.8, 4) is 5.75 Å². The van der Waals surface area contributed by atoms with E-state index in [1.165, 1.54) is 5.69 Å². The molecule has 0 atom stereocenters. The van der Waals surface area contributed by atoms with E-state index in [2.05, 4.69) is 27.8 Å². The van der Waals surface area contributed by atoms with Crippen molar-refractivity contribution >= 4 is 17.9 Å². The zero-order valence-corrected chi connectivity index (χ0v) is 14.0. The second kappa shape index (κ2) is 6.54. The molecule has 1 fully saturated rings. The van der Waals surface area contributed by atoms with E-state index in [0.29, 0.717) is 0 Å². The number of aryl methyl sites for hydroxylation is 1. The van der Waals surface area contributed by atoms with Crippen LogP contribution in [0.2, 0.25) is 0 Å². The Balaban J connectivity index is 1.57. The van der Waals surface area contributed by atoms with E-state index >= 15 is 0 Å². The number of hydrogen-bond acceptors (Lipinski definition) is 3. The van der Waals surface area contributed by atoms with E-state index in [0.717, 1.165) is 43.4 Å². The zero-order chi connectivity index (χ0) is 15.5. The van der Waals surface area contributed by atoms with Crippen LogP contribution in [-0.4, -0.2) is 42.4 Å². The van der Waals surface area contributed by atoms with E-state index in [1.54, 1.807) is 12.0 Å². The van der Waals surface area contributed by atoms with Crippen molar-refractivity contribution < 1.29 is 9.64 Å². The van der Waals surface area contributed by atoms with Gasteiger partial charge in [0.05, 0.1) is 33.3 Å². The molecule has 0 aliphatic carbocycles. The molecular formula is C16H23N4OS+. The lowest BCUT2D eigenvalue weighted by Crippen LogP contribution is -3.14. The molecule has 1 saturated heterocycles. The van der Waals surface area contributed by atoms with Gasteiger partial charge in [0.1, 0.15) is 5.75 Å². The predicted molar refractivity (Wildman–Crippen MR) is 90.1 cm³/mol. The molecule has 1 N–H and O–H groups in total. The molecule has 1 aliphatic heterocycles. The molecule has 2 aromatic rings.